The van der Waals surface area contributed by atoms with Gasteiger partial charge < -0.3 is 15.2 Å². The number of rotatable bonds is 6. The lowest BCUT2D eigenvalue weighted by atomic mass is 9.81. The number of amides is 1. The molecule has 144 valence electrons. The van der Waals surface area contributed by atoms with Gasteiger partial charge in [0.05, 0.1) is 11.5 Å². The first-order chi connectivity index (χ1) is 12.5. The molecule has 0 saturated carbocycles. The lowest BCUT2D eigenvalue weighted by molar-refractivity contribution is -0.0146. The molecule has 0 unspecified atom stereocenters. The van der Waals surface area contributed by atoms with Gasteiger partial charge >= 0.3 is 0 Å². The molecule has 0 atom stereocenters. The number of hydrogen-bond acceptors (Lipinski definition) is 5. The molecule has 1 aromatic carbocycles. The number of benzene rings is 1. The topological polar surface area (TPSA) is 95.9 Å². The number of aliphatic hydroxyl groups is 1. The Balaban J connectivity index is 1.63. The molecule has 2 saturated heterocycles. The summed E-state index contributed by atoms with van der Waals surface area (Å²) in [6.07, 6.45) is 3.18. The van der Waals surface area contributed by atoms with Crippen LogP contribution in [0.1, 0.15) is 36.0 Å². The SMILES string of the molecule is O=C(NCC1(CO)CCOCC1)c1ccc(S(=O)(=O)N2CCCC2)cc1. The Morgan fingerprint density at radius 3 is 2.35 bits per heavy atom. The number of carbonyl (C=O) groups excluding carboxylic acids is 1. The fourth-order valence-corrected chi connectivity index (χ4v) is 4.94. The van der Waals surface area contributed by atoms with Gasteiger partial charge in [0.15, 0.2) is 0 Å². The summed E-state index contributed by atoms with van der Waals surface area (Å²) in [4.78, 5) is 12.6. The van der Waals surface area contributed by atoms with E-state index in [1.54, 1.807) is 0 Å². The monoisotopic (exact) mass is 382 g/mol. The zero-order valence-corrected chi connectivity index (χ0v) is 15.6. The summed E-state index contributed by atoms with van der Waals surface area (Å²) >= 11 is 0. The van der Waals surface area contributed by atoms with Crippen LogP contribution in [0.4, 0.5) is 0 Å². The first-order valence-corrected chi connectivity index (χ1v) is 10.5. The summed E-state index contributed by atoms with van der Waals surface area (Å²) in [6.45, 7) is 2.65. The fourth-order valence-electron chi connectivity index (χ4n) is 3.42. The molecule has 1 amide bonds. The van der Waals surface area contributed by atoms with Gasteiger partial charge in [-0.2, -0.15) is 4.31 Å². The molecule has 0 aliphatic carbocycles. The third-order valence-electron chi connectivity index (χ3n) is 5.33. The van der Waals surface area contributed by atoms with Crippen molar-refractivity contribution in [2.75, 3.05) is 39.5 Å². The third kappa shape index (κ3) is 4.09. The average Bonchev–Trinajstić information content (AvgIpc) is 3.23. The second-order valence-corrected chi connectivity index (χ2v) is 9.03. The Morgan fingerprint density at radius 2 is 1.77 bits per heavy atom. The standard InChI is InChI=1S/C18H26N2O5S/c21-14-18(7-11-25-12-8-18)13-19-17(22)15-3-5-16(6-4-15)26(23,24)20-9-1-2-10-20/h3-6,21H,1-2,7-14H2,(H,19,22). The highest BCUT2D eigenvalue weighted by molar-refractivity contribution is 7.89. The zero-order valence-electron chi connectivity index (χ0n) is 14.8. The van der Waals surface area contributed by atoms with Gasteiger partial charge in [-0.05, 0) is 49.9 Å². The number of sulfonamides is 1. The van der Waals surface area contributed by atoms with Crippen LogP contribution in [0.25, 0.3) is 0 Å². The fraction of sp³-hybridized carbons (Fsp3) is 0.611. The van der Waals surface area contributed by atoms with Crippen LogP contribution >= 0.6 is 0 Å². The Morgan fingerprint density at radius 1 is 1.15 bits per heavy atom. The van der Waals surface area contributed by atoms with E-state index in [-0.39, 0.29) is 22.8 Å². The van der Waals surface area contributed by atoms with Gasteiger partial charge in [-0.3, -0.25) is 4.79 Å². The van der Waals surface area contributed by atoms with Crippen LogP contribution < -0.4 is 5.32 Å². The normalized spacial score (nSPS) is 20.8. The molecule has 0 aromatic heterocycles. The Labute approximate surface area is 154 Å². The van der Waals surface area contributed by atoms with Crippen molar-refractivity contribution < 1.29 is 23.1 Å². The molecule has 8 heteroatoms. The molecule has 1 aromatic rings. The summed E-state index contributed by atoms with van der Waals surface area (Å²) in [5, 5.41) is 12.5. The second-order valence-electron chi connectivity index (χ2n) is 7.09. The summed E-state index contributed by atoms with van der Waals surface area (Å²) in [7, 11) is -3.47. The quantitative estimate of drug-likeness (QED) is 0.765. The van der Waals surface area contributed by atoms with Crippen molar-refractivity contribution in [1.29, 1.82) is 0 Å². The molecule has 2 aliphatic rings. The molecule has 2 aliphatic heterocycles. The molecule has 0 bridgehead atoms. The van der Waals surface area contributed by atoms with Crippen LogP contribution in [0.3, 0.4) is 0 Å². The third-order valence-corrected chi connectivity index (χ3v) is 7.24. The highest BCUT2D eigenvalue weighted by atomic mass is 32.2. The van der Waals surface area contributed by atoms with E-state index in [1.165, 1.54) is 28.6 Å². The molecule has 2 heterocycles. The van der Waals surface area contributed by atoms with Crippen molar-refractivity contribution in [3.8, 4) is 0 Å². The molecule has 0 spiro atoms. The summed E-state index contributed by atoms with van der Waals surface area (Å²) in [5.41, 5.74) is 0.0676. The minimum absolute atomic E-state index is 0.00363. The van der Waals surface area contributed by atoms with Crippen molar-refractivity contribution in [2.45, 2.75) is 30.6 Å². The van der Waals surface area contributed by atoms with Crippen LogP contribution in [0.2, 0.25) is 0 Å². The maximum atomic E-state index is 12.5. The van der Waals surface area contributed by atoms with E-state index in [9.17, 15) is 18.3 Å². The first-order valence-electron chi connectivity index (χ1n) is 9.04. The van der Waals surface area contributed by atoms with E-state index in [0.29, 0.717) is 51.3 Å². The minimum atomic E-state index is -3.47. The van der Waals surface area contributed by atoms with Gasteiger partial charge in [-0.1, -0.05) is 0 Å². The van der Waals surface area contributed by atoms with Crippen molar-refractivity contribution in [2.24, 2.45) is 5.41 Å². The number of hydrogen-bond donors (Lipinski definition) is 2. The maximum absolute atomic E-state index is 12.5. The molecule has 2 fully saturated rings. The number of nitrogens with one attached hydrogen (secondary N) is 1. The Bertz CT molecular complexity index is 720. The molecular formula is C18H26N2O5S. The average molecular weight is 382 g/mol. The molecule has 0 radical (unpaired) electrons. The molecule has 26 heavy (non-hydrogen) atoms. The minimum Gasteiger partial charge on any atom is -0.396 e. The number of nitrogens with zero attached hydrogens (tertiary/aromatic N) is 1. The van der Waals surface area contributed by atoms with E-state index in [2.05, 4.69) is 5.32 Å². The van der Waals surface area contributed by atoms with Crippen molar-refractivity contribution in [1.82, 2.24) is 9.62 Å². The van der Waals surface area contributed by atoms with Gasteiger partial charge in [0.2, 0.25) is 10.0 Å². The largest absolute Gasteiger partial charge is 0.396 e. The van der Waals surface area contributed by atoms with Crippen LogP contribution in [-0.2, 0) is 14.8 Å². The van der Waals surface area contributed by atoms with Gasteiger partial charge in [0, 0.05) is 43.8 Å². The maximum Gasteiger partial charge on any atom is 0.251 e. The molecule has 3 rings (SSSR count). The summed E-state index contributed by atoms with van der Waals surface area (Å²) < 4.78 is 31.8. The predicted octanol–water partition coefficient (Wildman–Crippen LogP) is 0.990. The zero-order chi connectivity index (χ0) is 18.6. The Hall–Kier alpha value is -1.48. The van der Waals surface area contributed by atoms with E-state index in [4.69, 9.17) is 4.74 Å². The summed E-state index contributed by atoms with van der Waals surface area (Å²) in [5.74, 6) is -0.269. The number of carbonyl (C=O) groups is 1. The highest BCUT2D eigenvalue weighted by Gasteiger charge is 2.32. The van der Waals surface area contributed by atoms with Crippen LogP contribution in [-0.4, -0.2) is 63.2 Å². The molecule has 7 nitrogen and oxygen atoms in total. The lowest BCUT2D eigenvalue weighted by Crippen LogP contribution is -2.43. The first kappa shape index (κ1) is 19.3. The van der Waals surface area contributed by atoms with Gasteiger partial charge in [0.1, 0.15) is 0 Å². The van der Waals surface area contributed by atoms with Gasteiger partial charge in [0.25, 0.3) is 5.91 Å². The van der Waals surface area contributed by atoms with Crippen molar-refractivity contribution in [3.05, 3.63) is 29.8 Å². The predicted molar refractivity (Wildman–Crippen MR) is 96.3 cm³/mol. The van der Waals surface area contributed by atoms with Crippen LogP contribution in [0.15, 0.2) is 29.2 Å². The van der Waals surface area contributed by atoms with E-state index in [1.807, 2.05) is 0 Å². The lowest BCUT2D eigenvalue weighted by Gasteiger charge is -2.35. The van der Waals surface area contributed by atoms with Crippen LogP contribution in [0, 0.1) is 5.41 Å². The van der Waals surface area contributed by atoms with E-state index < -0.39 is 10.0 Å². The summed E-state index contributed by atoms with van der Waals surface area (Å²) in [6, 6.07) is 6.04. The smallest absolute Gasteiger partial charge is 0.251 e. The molecule has 2 N–H and O–H groups in total. The molecular weight excluding hydrogens is 356 g/mol. The van der Waals surface area contributed by atoms with Crippen molar-refractivity contribution in [3.63, 3.8) is 0 Å². The van der Waals surface area contributed by atoms with Gasteiger partial charge in [-0.25, -0.2) is 8.42 Å². The highest BCUT2D eigenvalue weighted by Crippen LogP contribution is 2.29. The van der Waals surface area contributed by atoms with E-state index in [0.717, 1.165) is 12.8 Å². The number of ether oxygens (including phenoxy) is 1. The van der Waals surface area contributed by atoms with Gasteiger partial charge in [-0.15, -0.1) is 0 Å². The van der Waals surface area contributed by atoms with Crippen molar-refractivity contribution >= 4 is 15.9 Å². The number of aliphatic hydroxyl groups excluding tert-OH is 1. The van der Waals surface area contributed by atoms with E-state index >= 15 is 0 Å². The van der Waals surface area contributed by atoms with Crippen LogP contribution in [0.5, 0.6) is 0 Å². The Kier molecular flexibility index (Phi) is 5.96. The second kappa shape index (κ2) is 8.04.